The van der Waals surface area contributed by atoms with Crippen LogP contribution in [0.3, 0.4) is 0 Å². The van der Waals surface area contributed by atoms with E-state index in [1.165, 1.54) is 12.8 Å². The summed E-state index contributed by atoms with van der Waals surface area (Å²) < 4.78 is 26.9. The summed E-state index contributed by atoms with van der Waals surface area (Å²) in [6.45, 7) is 1.43. The van der Waals surface area contributed by atoms with E-state index in [1.54, 1.807) is 12.1 Å². The lowest BCUT2D eigenvalue weighted by atomic mass is 10.3. The molecular weight excluding hydrogens is 274 g/mol. The highest BCUT2D eigenvalue weighted by molar-refractivity contribution is 7.89. The lowest BCUT2D eigenvalue weighted by Crippen LogP contribution is -2.31. The molecule has 0 aliphatic heterocycles. The largest absolute Gasteiger partial charge is 0.367 e. The molecule has 1 aromatic rings. The van der Waals surface area contributed by atoms with Crippen LogP contribution in [0, 0.1) is 0 Å². The fourth-order valence-electron chi connectivity index (χ4n) is 2.35. The summed E-state index contributed by atoms with van der Waals surface area (Å²) >= 11 is 0. The smallest absolute Gasteiger partial charge is 0.240 e. The average Bonchev–Trinajstić information content (AvgIpc) is 3.29. The van der Waals surface area contributed by atoms with E-state index in [0.29, 0.717) is 17.5 Å². The molecule has 0 amide bonds. The molecule has 110 valence electrons. The van der Waals surface area contributed by atoms with Gasteiger partial charge in [-0.1, -0.05) is 0 Å². The first-order valence-electron chi connectivity index (χ1n) is 7.19. The highest BCUT2D eigenvalue weighted by Gasteiger charge is 2.30. The fourth-order valence-corrected chi connectivity index (χ4v) is 3.66. The number of hydrogen-bond acceptors (Lipinski definition) is 4. The fraction of sp³-hybridized carbons (Fsp3) is 0.571. The van der Waals surface area contributed by atoms with E-state index in [4.69, 9.17) is 5.73 Å². The van der Waals surface area contributed by atoms with Crippen molar-refractivity contribution in [3.05, 3.63) is 24.3 Å². The number of nitrogens with two attached hydrogens (primary N) is 1. The van der Waals surface area contributed by atoms with Crippen LogP contribution < -0.4 is 15.4 Å². The third-order valence-electron chi connectivity index (χ3n) is 3.74. The summed E-state index contributed by atoms with van der Waals surface area (Å²) in [7, 11) is -3.35. The van der Waals surface area contributed by atoms with Crippen LogP contribution in [0.2, 0.25) is 0 Å². The monoisotopic (exact) mass is 295 g/mol. The van der Waals surface area contributed by atoms with Gasteiger partial charge in [-0.15, -0.1) is 0 Å². The van der Waals surface area contributed by atoms with E-state index < -0.39 is 10.0 Å². The lowest BCUT2D eigenvalue weighted by Gasteiger charge is -2.24. The second kappa shape index (κ2) is 5.35. The van der Waals surface area contributed by atoms with Gasteiger partial charge in [0.2, 0.25) is 10.0 Å². The Labute approximate surface area is 120 Å². The van der Waals surface area contributed by atoms with Crippen LogP contribution in [0.1, 0.15) is 25.7 Å². The molecule has 2 saturated carbocycles. The minimum absolute atomic E-state index is 0.139. The highest BCUT2D eigenvalue weighted by Crippen LogP contribution is 2.32. The zero-order valence-electron chi connectivity index (χ0n) is 11.5. The van der Waals surface area contributed by atoms with Gasteiger partial charge in [0.15, 0.2) is 0 Å². The molecular formula is C14H21N3O2S. The van der Waals surface area contributed by atoms with Crippen molar-refractivity contribution in [1.29, 1.82) is 0 Å². The summed E-state index contributed by atoms with van der Waals surface area (Å²) in [6.07, 6.45) is 4.29. The highest BCUT2D eigenvalue weighted by atomic mass is 32.2. The molecule has 5 nitrogen and oxygen atoms in total. The zero-order valence-corrected chi connectivity index (χ0v) is 12.3. The molecule has 0 heterocycles. The van der Waals surface area contributed by atoms with Crippen molar-refractivity contribution in [2.75, 3.05) is 18.0 Å². The SMILES string of the molecule is NCCN(c1ccc(S(=O)(=O)NC2CC2)cc1)C1CC1. The first-order valence-corrected chi connectivity index (χ1v) is 8.67. The number of nitrogens with one attached hydrogen (secondary N) is 1. The van der Waals surface area contributed by atoms with Crippen molar-refractivity contribution in [1.82, 2.24) is 4.72 Å². The maximum atomic E-state index is 12.1. The predicted molar refractivity (Wildman–Crippen MR) is 79.2 cm³/mol. The number of benzene rings is 1. The van der Waals surface area contributed by atoms with Crippen molar-refractivity contribution in [2.45, 2.75) is 42.7 Å². The normalized spacial score (nSPS) is 19.1. The molecule has 0 radical (unpaired) electrons. The minimum Gasteiger partial charge on any atom is -0.367 e. The molecule has 2 aliphatic carbocycles. The van der Waals surface area contributed by atoms with Crippen molar-refractivity contribution in [3.63, 3.8) is 0 Å². The Morgan fingerprint density at radius 1 is 1.15 bits per heavy atom. The van der Waals surface area contributed by atoms with E-state index in [9.17, 15) is 8.42 Å². The van der Waals surface area contributed by atoms with Gasteiger partial charge in [0.25, 0.3) is 0 Å². The second-order valence-corrected chi connectivity index (χ2v) is 7.32. The standard InChI is InChI=1S/C14H21N3O2S/c15-9-10-17(12-3-4-12)13-5-7-14(8-6-13)20(18,19)16-11-1-2-11/h5-8,11-12,16H,1-4,9-10,15H2. The number of rotatable bonds is 7. The van der Waals surface area contributed by atoms with Gasteiger partial charge in [-0.05, 0) is 49.9 Å². The van der Waals surface area contributed by atoms with Crippen LogP contribution in [-0.2, 0) is 10.0 Å². The van der Waals surface area contributed by atoms with Crippen LogP contribution in [-0.4, -0.2) is 33.6 Å². The number of sulfonamides is 1. The number of hydrogen-bond donors (Lipinski definition) is 2. The second-order valence-electron chi connectivity index (χ2n) is 5.60. The summed E-state index contributed by atoms with van der Waals surface area (Å²) in [4.78, 5) is 2.61. The Bertz CT molecular complexity index is 563. The topological polar surface area (TPSA) is 75.4 Å². The molecule has 6 heteroatoms. The molecule has 0 bridgehead atoms. The Balaban J connectivity index is 1.75. The summed E-state index contributed by atoms with van der Waals surface area (Å²) in [5.74, 6) is 0. The maximum absolute atomic E-state index is 12.1. The van der Waals surface area contributed by atoms with Crippen LogP contribution in [0.15, 0.2) is 29.2 Å². The van der Waals surface area contributed by atoms with Crippen molar-refractivity contribution >= 4 is 15.7 Å². The summed E-state index contributed by atoms with van der Waals surface area (Å²) in [5, 5.41) is 0. The van der Waals surface area contributed by atoms with E-state index in [-0.39, 0.29) is 6.04 Å². The van der Waals surface area contributed by atoms with E-state index in [2.05, 4.69) is 9.62 Å². The molecule has 20 heavy (non-hydrogen) atoms. The minimum atomic E-state index is -3.35. The molecule has 3 N–H and O–H groups in total. The predicted octanol–water partition coefficient (Wildman–Crippen LogP) is 1.05. The van der Waals surface area contributed by atoms with Gasteiger partial charge in [0.05, 0.1) is 4.90 Å². The third kappa shape index (κ3) is 3.13. The van der Waals surface area contributed by atoms with Gasteiger partial charge in [-0.25, -0.2) is 13.1 Å². The third-order valence-corrected chi connectivity index (χ3v) is 5.27. The van der Waals surface area contributed by atoms with Crippen molar-refractivity contribution < 1.29 is 8.42 Å². The summed E-state index contributed by atoms with van der Waals surface area (Å²) in [5.41, 5.74) is 6.70. The van der Waals surface area contributed by atoms with E-state index in [1.807, 2.05) is 12.1 Å². The average molecular weight is 295 g/mol. The maximum Gasteiger partial charge on any atom is 0.240 e. The summed E-state index contributed by atoms with van der Waals surface area (Å²) in [6, 6.07) is 7.86. The van der Waals surface area contributed by atoms with Crippen molar-refractivity contribution in [3.8, 4) is 0 Å². The van der Waals surface area contributed by atoms with Crippen LogP contribution in [0.4, 0.5) is 5.69 Å². The molecule has 2 fully saturated rings. The Hall–Kier alpha value is -1.11. The zero-order chi connectivity index (χ0) is 14.2. The molecule has 0 unspecified atom stereocenters. The van der Waals surface area contributed by atoms with E-state index in [0.717, 1.165) is 25.1 Å². The molecule has 2 aliphatic rings. The van der Waals surface area contributed by atoms with Crippen LogP contribution in [0.25, 0.3) is 0 Å². The molecule has 0 aromatic heterocycles. The number of anilines is 1. The first-order chi connectivity index (χ1) is 9.60. The molecule has 0 spiro atoms. The van der Waals surface area contributed by atoms with Crippen LogP contribution >= 0.6 is 0 Å². The van der Waals surface area contributed by atoms with Gasteiger partial charge in [-0.3, -0.25) is 0 Å². The van der Waals surface area contributed by atoms with E-state index >= 15 is 0 Å². The van der Waals surface area contributed by atoms with Gasteiger partial charge in [0, 0.05) is 30.9 Å². The molecule has 1 aromatic carbocycles. The first kappa shape index (κ1) is 13.9. The van der Waals surface area contributed by atoms with Gasteiger partial charge < -0.3 is 10.6 Å². The Kier molecular flexibility index (Phi) is 3.70. The van der Waals surface area contributed by atoms with Crippen molar-refractivity contribution in [2.24, 2.45) is 5.73 Å². The lowest BCUT2D eigenvalue weighted by molar-refractivity contribution is 0.581. The van der Waals surface area contributed by atoms with Gasteiger partial charge in [0.1, 0.15) is 0 Å². The molecule has 0 atom stereocenters. The molecule has 0 saturated heterocycles. The van der Waals surface area contributed by atoms with Crippen LogP contribution in [0.5, 0.6) is 0 Å². The number of nitrogens with zero attached hydrogens (tertiary/aromatic N) is 1. The Morgan fingerprint density at radius 2 is 1.80 bits per heavy atom. The molecule has 3 rings (SSSR count). The van der Waals surface area contributed by atoms with Gasteiger partial charge >= 0.3 is 0 Å². The Morgan fingerprint density at radius 3 is 2.30 bits per heavy atom. The quantitative estimate of drug-likeness (QED) is 0.788. The van der Waals surface area contributed by atoms with Gasteiger partial charge in [-0.2, -0.15) is 0 Å².